The Morgan fingerprint density at radius 3 is 2.79 bits per heavy atom. The third kappa shape index (κ3) is 3.21. The summed E-state index contributed by atoms with van der Waals surface area (Å²) in [6.07, 6.45) is 0.970. The molecule has 2 heterocycles. The number of carbonyl (C=O) groups excluding carboxylic acids is 2. The number of nitrogens with one attached hydrogen (secondary N) is 1. The van der Waals surface area contributed by atoms with Gasteiger partial charge in [0.1, 0.15) is 12.4 Å². The molecule has 7 nitrogen and oxygen atoms in total. The van der Waals surface area contributed by atoms with Gasteiger partial charge in [0, 0.05) is 25.6 Å². The van der Waals surface area contributed by atoms with Crippen molar-refractivity contribution in [2.75, 3.05) is 36.7 Å². The smallest absolute Gasteiger partial charge is 0.243 e. The van der Waals surface area contributed by atoms with Gasteiger partial charge in [0.25, 0.3) is 0 Å². The van der Waals surface area contributed by atoms with Gasteiger partial charge in [0.2, 0.25) is 21.8 Å². The van der Waals surface area contributed by atoms with Gasteiger partial charge in [0.15, 0.2) is 0 Å². The van der Waals surface area contributed by atoms with Crippen molar-refractivity contribution in [2.24, 2.45) is 11.8 Å². The van der Waals surface area contributed by atoms with Gasteiger partial charge in [-0.1, -0.05) is 6.07 Å². The number of sulfonamides is 1. The normalized spacial score (nSPS) is 23.1. The molecule has 1 aromatic rings. The van der Waals surface area contributed by atoms with Crippen LogP contribution in [0.1, 0.15) is 0 Å². The lowest BCUT2D eigenvalue weighted by molar-refractivity contribution is -0.129. The Labute approximate surface area is 139 Å². The zero-order valence-electron chi connectivity index (χ0n) is 13.1. The Morgan fingerprint density at radius 1 is 1.42 bits per heavy atom. The molecule has 0 aromatic heterocycles. The van der Waals surface area contributed by atoms with Gasteiger partial charge in [-0.15, -0.1) is 0 Å². The quantitative estimate of drug-likeness (QED) is 0.810. The van der Waals surface area contributed by atoms with Crippen LogP contribution < -0.4 is 9.62 Å². The highest BCUT2D eigenvalue weighted by Crippen LogP contribution is 2.28. The highest BCUT2D eigenvalue weighted by atomic mass is 32.2. The van der Waals surface area contributed by atoms with Crippen molar-refractivity contribution >= 4 is 27.5 Å². The van der Waals surface area contributed by atoms with Gasteiger partial charge in [-0.2, -0.15) is 0 Å². The second-order valence-corrected chi connectivity index (χ2v) is 8.07. The first kappa shape index (κ1) is 16.7. The summed E-state index contributed by atoms with van der Waals surface area (Å²) >= 11 is 0. The first-order valence-electron chi connectivity index (χ1n) is 7.54. The van der Waals surface area contributed by atoms with Crippen LogP contribution in [-0.2, 0) is 19.6 Å². The predicted octanol–water partition coefficient (Wildman–Crippen LogP) is -0.204. The first-order valence-corrected chi connectivity index (χ1v) is 9.39. The Hall–Kier alpha value is -2.16. The van der Waals surface area contributed by atoms with Crippen LogP contribution in [-0.4, -0.2) is 57.6 Å². The highest BCUT2D eigenvalue weighted by molar-refractivity contribution is 7.92. The summed E-state index contributed by atoms with van der Waals surface area (Å²) in [4.78, 5) is 25.7. The van der Waals surface area contributed by atoms with Gasteiger partial charge < -0.3 is 10.2 Å². The van der Waals surface area contributed by atoms with Crippen LogP contribution in [0.4, 0.5) is 10.1 Å². The standard InChI is InChI=1S/C15H18FN3O4S/c1-24(22,23)19(12-4-2-3-11(16)5-12)9-14(20)18-7-10-6-17-15(21)13(10)8-18/h2-5,10,13H,6-9H2,1H3,(H,17,21)/t10-,13+/m0/s1. The van der Waals surface area contributed by atoms with E-state index in [1.54, 1.807) is 0 Å². The SMILES string of the molecule is CS(=O)(=O)N(CC(=O)N1C[C@@H]2CNC(=O)[C@@H]2C1)c1cccc(F)c1. The number of halogens is 1. The minimum atomic E-state index is -3.75. The molecule has 2 aliphatic rings. The summed E-state index contributed by atoms with van der Waals surface area (Å²) in [6, 6.07) is 5.09. The molecule has 0 bridgehead atoms. The number of amides is 2. The Kier molecular flexibility index (Phi) is 4.20. The minimum Gasteiger partial charge on any atom is -0.355 e. The van der Waals surface area contributed by atoms with Crippen LogP contribution in [0.2, 0.25) is 0 Å². The molecule has 0 aliphatic carbocycles. The van der Waals surface area contributed by atoms with E-state index in [0.717, 1.165) is 16.6 Å². The van der Waals surface area contributed by atoms with Crippen LogP contribution >= 0.6 is 0 Å². The molecule has 2 aliphatic heterocycles. The zero-order chi connectivity index (χ0) is 17.5. The molecular weight excluding hydrogens is 337 g/mol. The molecule has 2 fully saturated rings. The molecule has 0 radical (unpaired) electrons. The van der Waals surface area contributed by atoms with Gasteiger partial charge in [0.05, 0.1) is 17.9 Å². The predicted molar refractivity (Wildman–Crippen MR) is 85.2 cm³/mol. The molecule has 24 heavy (non-hydrogen) atoms. The van der Waals surface area contributed by atoms with Gasteiger partial charge in [-0.25, -0.2) is 12.8 Å². The van der Waals surface area contributed by atoms with Crippen LogP contribution in [0.15, 0.2) is 24.3 Å². The topological polar surface area (TPSA) is 86.8 Å². The van der Waals surface area contributed by atoms with Crippen LogP contribution in [0, 0.1) is 17.7 Å². The molecular formula is C15H18FN3O4S. The Bertz CT molecular complexity index is 783. The lowest BCUT2D eigenvalue weighted by Crippen LogP contribution is -2.43. The number of carbonyl (C=O) groups is 2. The van der Waals surface area contributed by atoms with E-state index in [2.05, 4.69) is 5.32 Å². The molecule has 0 unspecified atom stereocenters. The molecule has 3 rings (SSSR count). The second-order valence-electron chi connectivity index (χ2n) is 6.16. The lowest BCUT2D eigenvalue weighted by atomic mass is 10.0. The van der Waals surface area contributed by atoms with E-state index in [4.69, 9.17) is 0 Å². The van der Waals surface area contributed by atoms with Crippen molar-refractivity contribution in [3.05, 3.63) is 30.1 Å². The summed E-state index contributed by atoms with van der Waals surface area (Å²) in [6.45, 7) is 0.829. The number of nitrogens with zero attached hydrogens (tertiary/aromatic N) is 2. The maximum Gasteiger partial charge on any atom is 0.243 e. The van der Waals surface area contributed by atoms with Crippen LogP contribution in [0.25, 0.3) is 0 Å². The minimum absolute atomic E-state index is 0.0691. The van der Waals surface area contributed by atoms with Gasteiger partial charge >= 0.3 is 0 Å². The van der Waals surface area contributed by atoms with Crippen molar-refractivity contribution < 1.29 is 22.4 Å². The molecule has 130 valence electrons. The number of fused-ring (bicyclic) bond motifs is 1. The average molecular weight is 355 g/mol. The second kappa shape index (κ2) is 6.04. The fourth-order valence-corrected chi connectivity index (χ4v) is 4.04. The number of likely N-dealkylation sites (tertiary alicyclic amines) is 1. The zero-order valence-corrected chi connectivity index (χ0v) is 13.9. The molecule has 0 saturated carbocycles. The van der Waals surface area contributed by atoms with E-state index in [-0.39, 0.29) is 30.0 Å². The highest BCUT2D eigenvalue weighted by Gasteiger charge is 2.43. The summed E-state index contributed by atoms with van der Waals surface area (Å²) in [5, 5.41) is 2.75. The lowest BCUT2D eigenvalue weighted by Gasteiger charge is -2.25. The average Bonchev–Trinajstić information content (AvgIpc) is 3.06. The van der Waals surface area contributed by atoms with E-state index < -0.39 is 28.3 Å². The van der Waals surface area contributed by atoms with Crippen molar-refractivity contribution in [2.45, 2.75) is 0 Å². The van der Waals surface area contributed by atoms with E-state index in [9.17, 15) is 22.4 Å². The molecule has 9 heteroatoms. The van der Waals surface area contributed by atoms with Crippen LogP contribution in [0.3, 0.4) is 0 Å². The Morgan fingerprint density at radius 2 is 2.17 bits per heavy atom. The third-order valence-corrected chi connectivity index (χ3v) is 5.58. The van der Waals surface area contributed by atoms with E-state index in [1.807, 2.05) is 0 Å². The number of hydrogen-bond acceptors (Lipinski definition) is 4. The monoisotopic (exact) mass is 355 g/mol. The van der Waals surface area contributed by atoms with E-state index >= 15 is 0 Å². The molecule has 2 saturated heterocycles. The number of hydrogen-bond donors (Lipinski definition) is 1. The number of benzene rings is 1. The van der Waals surface area contributed by atoms with Crippen molar-refractivity contribution in [3.8, 4) is 0 Å². The first-order chi connectivity index (χ1) is 11.3. The fraction of sp³-hybridized carbons (Fsp3) is 0.467. The Balaban J connectivity index is 1.76. The third-order valence-electron chi connectivity index (χ3n) is 4.44. The molecule has 1 aromatic carbocycles. The van der Waals surface area contributed by atoms with Gasteiger partial charge in [-0.3, -0.25) is 13.9 Å². The summed E-state index contributed by atoms with van der Waals surface area (Å²) in [5.41, 5.74) is 0.1000. The molecule has 1 N–H and O–H groups in total. The van der Waals surface area contributed by atoms with Crippen molar-refractivity contribution in [1.82, 2.24) is 10.2 Å². The van der Waals surface area contributed by atoms with Crippen molar-refractivity contribution in [3.63, 3.8) is 0 Å². The summed E-state index contributed by atoms with van der Waals surface area (Å²) in [7, 11) is -3.75. The van der Waals surface area contributed by atoms with Crippen molar-refractivity contribution in [1.29, 1.82) is 0 Å². The van der Waals surface area contributed by atoms with E-state index in [1.165, 1.54) is 23.1 Å². The summed E-state index contributed by atoms with van der Waals surface area (Å²) < 4.78 is 38.3. The van der Waals surface area contributed by atoms with Gasteiger partial charge in [-0.05, 0) is 18.2 Å². The largest absolute Gasteiger partial charge is 0.355 e. The number of anilines is 1. The number of rotatable bonds is 4. The fourth-order valence-electron chi connectivity index (χ4n) is 3.20. The molecule has 2 amide bonds. The maximum absolute atomic E-state index is 13.4. The summed E-state index contributed by atoms with van der Waals surface area (Å²) in [5.74, 6) is -1.20. The molecule has 0 spiro atoms. The molecule has 2 atom stereocenters. The van der Waals surface area contributed by atoms with Crippen LogP contribution in [0.5, 0.6) is 0 Å². The maximum atomic E-state index is 13.4. The van der Waals surface area contributed by atoms with E-state index in [0.29, 0.717) is 13.1 Å².